The molecule has 1 atom stereocenters. The van der Waals surface area contributed by atoms with Crippen LogP contribution >= 0.6 is 11.8 Å². The molecule has 0 aliphatic carbocycles. The number of rotatable bonds is 0. The van der Waals surface area contributed by atoms with Gasteiger partial charge in [0.15, 0.2) is 0 Å². The summed E-state index contributed by atoms with van der Waals surface area (Å²) >= 11 is 1.57. The quantitative estimate of drug-likeness (QED) is 0.357. The summed E-state index contributed by atoms with van der Waals surface area (Å²) in [6, 6.07) is 25.3. The maximum atomic E-state index is 12.7. The first-order valence-corrected chi connectivity index (χ1v) is 9.85. The summed E-state index contributed by atoms with van der Waals surface area (Å²) in [5.74, 6) is 0. The molecule has 0 N–H and O–H groups in total. The Kier molecular flexibility index (Phi) is 4.52. The first kappa shape index (κ1) is 16.9. The molecule has 4 heteroatoms. The summed E-state index contributed by atoms with van der Waals surface area (Å²) in [7, 11) is -1.11. The van der Waals surface area contributed by atoms with E-state index in [0.717, 1.165) is 20.7 Å². The van der Waals surface area contributed by atoms with Crippen molar-refractivity contribution in [1.29, 1.82) is 0 Å². The molecule has 1 heterocycles. The second kappa shape index (κ2) is 6.66. The monoisotopic (exact) mass is 352 g/mol. The van der Waals surface area contributed by atoms with Crippen molar-refractivity contribution in [2.24, 2.45) is 0 Å². The van der Waals surface area contributed by atoms with Crippen molar-refractivity contribution in [3.8, 4) is 11.1 Å². The van der Waals surface area contributed by atoms with Crippen LogP contribution in [0.1, 0.15) is 0 Å². The maximum Gasteiger partial charge on any atom is 1.00 e. The van der Waals surface area contributed by atoms with E-state index in [-0.39, 0.29) is 18.9 Å². The van der Waals surface area contributed by atoms with Gasteiger partial charge in [0.2, 0.25) is 0 Å². The van der Waals surface area contributed by atoms with E-state index in [4.69, 9.17) is 0 Å². The van der Waals surface area contributed by atoms with Crippen molar-refractivity contribution in [3.05, 3.63) is 77.9 Å². The predicted molar refractivity (Wildman–Crippen MR) is 103 cm³/mol. The second-order valence-electron chi connectivity index (χ2n) is 5.90. The molecule has 0 fully saturated rings. The van der Waals surface area contributed by atoms with Crippen LogP contribution in [-0.4, -0.2) is 4.21 Å². The summed E-state index contributed by atoms with van der Waals surface area (Å²) in [6.07, 6.45) is 0. The Morgan fingerprint density at radius 1 is 0.720 bits per heavy atom. The van der Waals surface area contributed by atoms with Crippen LogP contribution in [0.5, 0.6) is 0 Å². The zero-order valence-corrected chi connectivity index (χ0v) is 15.4. The van der Waals surface area contributed by atoms with E-state index in [2.05, 4.69) is 60.7 Å². The molecule has 1 aliphatic heterocycles. The molecule has 0 saturated carbocycles. The molecule has 5 rings (SSSR count). The van der Waals surface area contributed by atoms with E-state index in [1.807, 2.05) is 17.2 Å². The summed E-state index contributed by atoms with van der Waals surface area (Å²) in [4.78, 5) is 2.06. The van der Waals surface area contributed by atoms with Gasteiger partial charge < -0.3 is 11.8 Å². The van der Waals surface area contributed by atoms with Crippen LogP contribution in [0.25, 0.3) is 32.7 Å². The van der Waals surface area contributed by atoms with E-state index >= 15 is 0 Å². The van der Waals surface area contributed by atoms with E-state index in [1.54, 1.807) is 11.8 Å². The van der Waals surface area contributed by atoms with Crippen LogP contribution in [0.3, 0.4) is 0 Å². The topological polar surface area (TPSA) is 17.1 Å². The molecule has 4 aromatic rings. The van der Waals surface area contributed by atoms with Crippen molar-refractivity contribution in [2.75, 3.05) is 0 Å². The van der Waals surface area contributed by atoms with Gasteiger partial charge in [-0.2, -0.15) is 5.08 Å². The van der Waals surface area contributed by atoms with Gasteiger partial charge in [0.05, 0.1) is 0 Å². The van der Waals surface area contributed by atoms with Gasteiger partial charge in [-0.1, -0.05) is 59.3 Å². The number of hydrogen-bond acceptors (Lipinski definition) is 2. The summed E-state index contributed by atoms with van der Waals surface area (Å²) in [5.41, 5.74) is 2.25. The third-order valence-corrected chi connectivity index (χ3v) is 6.91. The maximum absolute atomic E-state index is 12.7. The molecule has 25 heavy (non-hydrogen) atoms. The van der Waals surface area contributed by atoms with Crippen molar-refractivity contribution in [1.82, 2.24) is 0 Å². The van der Waals surface area contributed by atoms with E-state index in [9.17, 15) is 4.21 Å². The summed E-state index contributed by atoms with van der Waals surface area (Å²) in [6.45, 7) is 0. The molecule has 0 spiro atoms. The van der Waals surface area contributed by atoms with Crippen LogP contribution in [0, 0.1) is 5.08 Å². The van der Waals surface area contributed by atoms with Crippen molar-refractivity contribution in [2.45, 2.75) is 9.79 Å². The molecule has 1 aliphatic rings. The Morgan fingerprint density at radius 3 is 1.88 bits per heavy atom. The van der Waals surface area contributed by atoms with E-state index in [0.29, 0.717) is 0 Å². The number of hydrogen-bond donors (Lipinski definition) is 0. The molecule has 1 nitrogen and oxygen atoms in total. The fourth-order valence-electron chi connectivity index (χ4n) is 3.27. The van der Waals surface area contributed by atoms with Gasteiger partial charge in [0, 0.05) is 4.90 Å². The number of thioether (sulfide) groups is 1. The summed E-state index contributed by atoms with van der Waals surface area (Å²) < 4.78 is 12.7. The Balaban J connectivity index is 0.00000157. The van der Waals surface area contributed by atoms with Gasteiger partial charge in [0.1, 0.15) is 0 Å². The van der Waals surface area contributed by atoms with Crippen molar-refractivity contribution < 1.29 is 23.1 Å². The largest absolute Gasteiger partial charge is 1.00 e. The summed E-state index contributed by atoms with van der Waals surface area (Å²) in [5, 5.41) is 6.58. The molecule has 0 radical (unpaired) electrons. The molecule has 4 aromatic carbocycles. The van der Waals surface area contributed by atoms with Gasteiger partial charge in [-0.05, 0) is 61.8 Å². The van der Waals surface area contributed by atoms with Crippen LogP contribution in [0.15, 0.2) is 82.6 Å². The third-order valence-electron chi connectivity index (χ3n) is 4.47. The van der Waals surface area contributed by atoms with Gasteiger partial charge in [0.25, 0.3) is 0 Å². The average molecular weight is 352 g/mol. The molecule has 1 unspecified atom stereocenters. The standard InChI is InChI=1S/C21H13OS2.Li/c22-24-13-23-20-11-16-7-3-1-5-14(16)9-18(20)19-10-15-6-2-4-8-17(15)12-21(19)24;/h1-13H;/q-1;+1. The second-order valence-corrected chi connectivity index (χ2v) is 8.38. The molecule has 0 aromatic heterocycles. The first-order chi connectivity index (χ1) is 11.8. The Hall–Kier alpha value is -1.50. The Labute approximate surface area is 165 Å². The minimum atomic E-state index is -1.11. The van der Waals surface area contributed by atoms with E-state index < -0.39 is 10.8 Å². The van der Waals surface area contributed by atoms with Crippen molar-refractivity contribution in [3.63, 3.8) is 0 Å². The smallest absolute Gasteiger partial charge is 0.302 e. The van der Waals surface area contributed by atoms with Crippen LogP contribution in [0.2, 0.25) is 0 Å². The molecule has 0 amide bonds. The Bertz CT molecular complexity index is 1140. The SMILES string of the molecule is O=S1[CH-]Sc2cc3ccccc3cc2-c2cc3ccccc3cc21.[Li+]. The zero-order valence-electron chi connectivity index (χ0n) is 13.7. The minimum Gasteiger partial charge on any atom is -0.302 e. The normalized spacial score (nSPS) is 15.9. The molecular weight excluding hydrogens is 339 g/mol. The van der Waals surface area contributed by atoms with Gasteiger partial charge >= 0.3 is 18.9 Å². The molecule has 116 valence electrons. The molecule has 0 saturated heterocycles. The van der Waals surface area contributed by atoms with Gasteiger partial charge in [-0.15, -0.1) is 0 Å². The van der Waals surface area contributed by atoms with Gasteiger partial charge in [-0.25, -0.2) is 0 Å². The van der Waals surface area contributed by atoms with Crippen molar-refractivity contribution >= 4 is 44.1 Å². The van der Waals surface area contributed by atoms with Crippen LogP contribution in [-0.2, 0) is 10.8 Å². The number of benzene rings is 4. The first-order valence-electron chi connectivity index (χ1n) is 7.76. The van der Waals surface area contributed by atoms with Crippen LogP contribution in [0.4, 0.5) is 0 Å². The Morgan fingerprint density at radius 2 is 1.24 bits per heavy atom. The fourth-order valence-corrected chi connectivity index (χ4v) is 5.57. The fraction of sp³-hybridized carbons (Fsp3) is 0. The minimum absolute atomic E-state index is 0. The number of fused-ring (bicyclic) bond motifs is 5. The molecular formula is C21H13LiOS2. The van der Waals surface area contributed by atoms with Gasteiger partial charge in [-0.3, -0.25) is 4.21 Å². The third kappa shape index (κ3) is 2.86. The van der Waals surface area contributed by atoms with Crippen LogP contribution < -0.4 is 18.9 Å². The molecule has 0 bridgehead atoms. The zero-order chi connectivity index (χ0) is 16.1. The average Bonchev–Trinajstić information content (AvgIpc) is 2.76. The van der Waals surface area contributed by atoms with E-state index in [1.165, 1.54) is 21.7 Å². The predicted octanol–water partition coefficient (Wildman–Crippen LogP) is 3.00.